The number of hydrogen-bond donors (Lipinski definition) is 2. The zero-order valence-corrected chi connectivity index (χ0v) is 6.13. The summed E-state index contributed by atoms with van der Waals surface area (Å²) in [7, 11) is 0. The van der Waals surface area contributed by atoms with Crippen LogP contribution in [0.3, 0.4) is 0 Å². The second-order valence-electron chi connectivity index (χ2n) is 1.30. The maximum absolute atomic E-state index is 9.00. The standard InChI is InChI=1S/C2H3N3S.C2H4O2/c3-2-4-1-5-6-2;1-2(3)4/h1H,(H2,3,4,5);1H3,(H,3,4). The Morgan fingerprint density at radius 2 is 2.40 bits per heavy atom. The van der Waals surface area contributed by atoms with E-state index in [4.69, 9.17) is 15.6 Å². The van der Waals surface area contributed by atoms with E-state index in [1.807, 2.05) is 0 Å². The first-order chi connectivity index (χ1) is 4.63. The predicted molar refractivity (Wildman–Crippen MR) is 37.6 cm³/mol. The molecule has 0 aromatic carbocycles. The summed E-state index contributed by atoms with van der Waals surface area (Å²) in [5.41, 5.74) is 5.12. The van der Waals surface area contributed by atoms with Gasteiger partial charge in [0.2, 0.25) is 0 Å². The van der Waals surface area contributed by atoms with Gasteiger partial charge in [0.25, 0.3) is 5.97 Å². The van der Waals surface area contributed by atoms with Gasteiger partial charge in [0.05, 0.1) is 0 Å². The largest absolute Gasteiger partial charge is 0.481 e. The molecule has 0 radical (unpaired) electrons. The van der Waals surface area contributed by atoms with Gasteiger partial charge in [0.15, 0.2) is 5.13 Å². The summed E-state index contributed by atoms with van der Waals surface area (Å²) in [5, 5.41) is 7.94. The number of carboxylic acid groups (broad SMARTS) is 1. The Bertz CT molecular complexity index is 182. The van der Waals surface area contributed by atoms with Gasteiger partial charge in [-0.2, -0.15) is 4.37 Å². The molecule has 0 fully saturated rings. The van der Waals surface area contributed by atoms with Crippen LogP contribution in [0.1, 0.15) is 6.92 Å². The summed E-state index contributed by atoms with van der Waals surface area (Å²) in [6.45, 7) is 1.08. The van der Waals surface area contributed by atoms with Crippen LogP contribution in [-0.2, 0) is 4.79 Å². The lowest BCUT2D eigenvalue weighted by atomic mass is 10.9. The SMILES string of the molecule is CC(=O)O.Nc1ncns1. The van der Waals surface area contributed by atoms with E-state index in [0.29, 0.717) is 5.13 Å². The van der Waals surface area contributed by atoms with E-state index in [2.05, 4.69) is 9.36 Å². The molecule has 0 saturated heterocycles. The number of aromatic nitrogens is 2. The first-order valence-corrected chi connectivity index (χ1v) is 3.12. The highest BCUT2D eigenvalue weighted by Crippen LogP contribution is 1.96. The minimum absolute atomic E-state index is 0.523. The Labute approximate surface area is 61.7 Å². The van der Waals surface area contributed by atoms with Crippen molar-refractivity contribution in [3.8, 4) is 0 Å². The molecular weight excluding hydrogens is 154 g/mol. The van der Waals surface area contributed by atoms with Crippen molar-refractivity contribution in [2.75, 3.05) is 5.73 Å². The Kier molecular flexibility index (Phi) is 4.14. The molecule has 0 bridgehead atoms. The van der Waals surface area contributed by atoms with Crippen molar-refractivity contribution in [3.63, 3.8) is 0 Å². The van der Waals surface area contributed by atoms with Crippen LogP contribution in [0.15, 0.2) is 6.33 Å². The molecule has 0 saturated carbocycles. The van der Waals surface area contributed by atoms with Crippen LogP contribution in [0.25, 0.3) is 0 Å². The maximum atomic E-state index is 9.00. The molecule has 1 rings (SSSR count). The van der Waals surface area contributed by atoms with Crippen LogP contribution in [0.5, 0.6) is 0 Å². The van der Waals surface area contributed by atoms with E-state index >= 15 is 0 Å². The molecule has 5 nitrogen and oxygen atoms in total. The third-order valence-electron chi connectivity index (χ3n) is 0.378. The fourth-order valence-electron chi connectivity index (χ4n) is 0.182. The van der Waals surface area contributed by atoms with Crippen molar-refractivity contribution in [2.45, 2.75) is 6.92 Å². The zero-order chi connectivity index (χ0) is 7.98. The Morgan fingerprint density at radius 3 is 2.50 bits per heavy atom. The monoisotopic (exact) mass is 161 g/mol. The quantitative estimate of drug-likeness (QED) is 0.567. The van der Waals surface area contributed by atoms with E-state index in [9.17, 15) is 0 Å². The van der Waals surface area contributed by atoms with Crippen molar-refractivity contribution in [3.05, 3.63) is 6.33 Å². The Hall–Kier alpha value is -1.17. The molecule has 1 aromatic heterocycles. The Balaban J connectivity index is 0.000000180. The van der Waals surface area contributed by atoms with Gasteiger partial charge >= 0.3 is 0 Å². The molecule has 0 atom stereocenters. The molecular formula is C4H7N3O2S. The number of rotatable bonds is 0. The summed E-state index contributed by atoms with van der Waals surface area (Å²) in [6, 6.07) is 0. The second-order valence-corrected chi connectivity index (χ2v) is 2.11. The first-order valence-electron chi connectivity index (χ1n) is 2.34. The van der Waals surface area contributed by atoms with Crippen LogP contribution < -0.4 is 5.73 Å². The van der Waals surface area contributed by atoms with Crippen LogP contribution in [0.4, 0.5) is 5.13 Å². The van der Waals surface area contributed by atoms with E-state index in [1.165, 1.54) is 17.9 Å². The number of carbonyl (C=O) groups is 1. The fourth-order valence-corrected chi connectivity index (χ4v) is 0.478. The fraction of sp³-hybridized carbons (Fsp3) is 0.250. The summed E-state index contributed by atoms with van der Waals surface area (Å²) in [5.74, 6) is -0.833. The summed E-state index contributed by atoms with van der Waals surface area (Å²) in [4.78, 5) is 12.6. The average molecular weight is 161 g/mol. The van der Waals surface area contributed by atoms with Crippen molar-refractivity contribution in [1.82, 2.24) is 9.36 Å². The summed E-state index contributed by atoms with van der Waals surface area (Å²) < 4.78 is 3.63. The lowest BCUT2D eigenvalue weighted by Crippen LogP contribution is -1.78. The number of aliphatic carboxylic acids is 1. The molecule has 1 heterocycles. The van der Waals surface area contributed by atoms with Gasteiger partial charge in [0.1, 0.15) is 6.33 Å². The van der Waals surface area contributed by atoms with E-state index < -0.39 is 5.97 Å². The number of anilines is 1. The molecule has 56 valence electrons. The van der Waals surface area contributed by atoms with E-state index in [-0.39, 0.29) is 0 Å². The highest BCUT2D eigenvalue weighted by molar-refractivity contribution is 7.09. The van der Waals surface area contributed by atoms with Gasteiger partial charge in [-0.15, -0.1) is 0 Å². The third-order valence-corrected chi connectivity index (χ3v) is 0.871. The summed E-state index contributed by atoms with van der Waals surface area (Å²) in [6.07, 6.45) is 1.43. The predicted octanol–water partition coefficient (Wildman–Crippen LogP) is 0.211. The van der Waals surface area contributed by atoms with Gasteiger partial charge in [-0.25, -0.2) is 4.98 Å². The molecule has 1 aromatic rings. The van der Waals surface area contributed by atoms with E-state index in [0.717, 1.165) is 6.92 Å². The Morgan fingerprint density at radius 1 is 1.90 bits per heavy atom. The lowest BCUT2D eigenvalue weighted by molar-refractivity contribution is -0.134. The molecule has 0 aliphatic heterocycles. The number of carboxylic acids is 1. The molecule has 0 spiro atoms. The van der Waals surface area contributed by atoms with Crippen molar-refractivity contribution in [2.24, 2.45) is 0 Å². The van der Waals surface area contributed by atoms with Gasteiger partial charge in [0, 0.05) is 18.5 Å². The minimum Gasteiger partial charge on any atom is -0.481 e. The third kappa shape index (κ3) is 6.83. The van der Waals surface area contributed by atoms with Gasteiger partial charge < -0.3 is 10.8 Å². The first kappa shape index (κ1) is 8.83. The smallest absolute Gasteiger partial charge is 0.300 e. The van der Waals surface area contributed by atoms with E-state index in [1.54, 1.807) is 0 Å². The highest BCUT2D eigenvalue weighted by Gasteiger charge is 1.78. The number of hydrogen-bond acceptors (Lipinski definition) is 5. The zero-order valence-electron chi connectivity index (χ0n) is 5.31. The van der Waals surface area contributed by atoms with Crippen molar-refractivity contribution >= 4 is 22.6 Å². The normalized spacial score (nSPS) is 7.70. The number of nitrogens with two attached hydrogens (primary N) is 1. The van der Waals surface area contributed by atoms with Gasteiger partial charge in [-0.1, -0.05) is 0 Å². The molecule has 0 aliphatic rings. The molecule has 10 heavy (non-hydrogen) atoms. The molecule has 3 N–H and O–H groups in total. The van der Waals surface area contributed by atoms with Gasteiger partial charge in [-0.05, 0) is 0 Å². The van der Waals surface area contributed by atoms with Crippen molar-refractivity contribution in [1.29, 1.82) is 0 Å². The second kappa shape index (κ2) is 4.68. The lowest BCUT2D eigenvalue weighted by Gasteiger charge is -1.64. The molecule has 0 aliphatic carbocycles. The highest BCUT2D eigenvalue weighted by atomic mass is 32.1. The average Bonchev–Trinajstić information content (AvgIpc) is 2.15. The van der Waals surface area contributed by atoms with Gasteiger partial charge in [-0.3, -0.25) is 4.79 Å². The van der Waals surface area contributed by atoms with Crippen LogP contribution >= 0.6 is 11.5 Å². The summed E-state index contributed by atoms with van der Waals surface area (Å²) >= 11 is 1.19. The molecule has 6 heteroatoms. The van der Waals surface area contributed by atoms with Crippen LogP contribution in [0, 0.1) is 0 Å². The number of nitrogens with zero attached hydrogens (tertiary/aromatic N) is 2. The molecule has 0 unspecified atom stereocenters. The van der Waals surface area contributed by atoms with Crippen molar-refractivity contribution < 1.29 is 9.90 Å². The topological polar surface area (TPSA) is 89.1 Å². The molecule has 0 amide bonds. The number of nitrogen functional groups attached to an aromatic ring is 1. The maximum Gasteiger partial charge on any atom is 0.300 e. The van der Waals surface area contributed by atoms with Crippen LogP contribution in [-0.4, -0.2) is 20.4 Å². The van der Waals surface area contributed by atoms with Crippen LogP contribution in [0.2, 0.25) is 0 Å². The minimum atomic E-state index is -0.833.